The van der Waals surface area contributed by atoms with Crippen LogP contribution >= 0.6 is 24.0 Å². The molecule has 10 heteroatoms. The Morgan fingerprint density at radius 1 is 1.24 bits per heavy atom. The molecule has 1 heterocycles. The molecule has 0 radical (unpaired) electrons. The van der Waals surface area contributed by atoms with Gasteiger partial charge < -0.3 is 20.5 Å². The number of halogens is 4. The van der Waals surface area contributed by atoms with Gasteiger partial charge in [-0.1, -0.05) is 38.8 Å². The first kappa shape index (κ1) is 25.8. The van der Waals surface area contributed by atoms with Crippen LogP contribution in [0.4, 0.5) is 18.9 Å². The average Bonchev–Trinajstić information content (AvgIpc) is 2.66. The molecule has 1 aliphatic rings. The highest BCUT2D eigenvalue weighted by atomic mass is 127. The number of aliphatic imine (C=N–C) groups is 1. The first-order chi connectivity index (χ1) is 13.3. The Morgan fingerprint density at radius 2 is 1.86 bits per heavy atom. The van der Waals surface area contributed by atoms with Crippen molar-refractivity contribution in [2.45, 2.75) is 39.1 Å². The SMILES string of the molecule is CCC(CC)C(CN=C(N)Nc1ccccc1OC(F)(F)F)N1CCOCC1.I. The lowest BCUT2D eigenvalue weighted by molar-refractivity contribution is -0.274. The zero-order valence-electron chi connectivity index (χ0n) is 16.7. The van der Waals surface area contributed by atoms with Crippen molar-refractivity contribution in [3.05, 3.63) is 24.3 Å². The molecule has 1 unspecified atom stereocenters. The summed E-state index contributed by atoms with van der Waals surface area (Å²) < 4.78 is 47.1. The molecule has 29 heavy (non-hydrogen) atoms. The minimum Gasteiger partial charge on any atom is -0.404 e. The standard InChI is InChI=1S/C19H29F3N4O2.HI/c1-3-14(4-2)16(26-9-11-27-12-10-26)13-24-18(23)25-15-7-5-6-8-17(15)28-19(20,21)22;/h5-8,14,16H,3-4,9-13H2,1-2H3,(H3,23,24,25);1H. The maximum absolute atomic E-state index is 12.6. The van der Waals surface area contributed by atoms with Crippen LogP contribution in [0.2, 0.25) is 0 Å². The molecule has 0 aliphatic carbocycles. The predicted molar refractivity (Wildman–Crippen MR) is 119 cm³/mol. The molecule has 0 amide bonds. The normalized spacial score (nSPS) is 17.0. The number of nitrogens with one attached hydrogen (secondary N) is 1. The molecule has 0 saturated carbocycles. The van der Waals surface area contributed by atoms with Crippen LogP contribution in [0.3, 0.4) is 0 Å². The molecular formula is C19H30F3IN4O2. The van der Waals surface area contributed by atoms with E-state index in [0.717, 1.165) is 25.9 Å². The molecule has 1 aliphatic heterocycles. The van der Waals surface area contributed by atoms with Crippen molar-refractivity contribution in [2.75, 3.05) is 38.2 Å². The summed E-state index contributed by atoms with van der Waals surface area (Å²) in [4.78, 5) is 6.77. The lowest BCUT2D eigenvalue weighted by Crippen LogP contribution is -2.48. The van der Waals surface area contributed by atoms with Gasteiger partial charge in [-0.2, -0.15) is 0 Å². The molecular weight excluding hydrogens is 500 g/mol. The van der Waals surface area contributed by atoms with Gasteiger partial charge in [0.2, 0.25) is 0 Å². The molecule has 0 aromatic heterocycles. The molecule has 3 N–H and O–H groups in total. The van der Waals surface area contributed by atoms with Crippen molar-refractivity contribution in [1.82, 2.24) is 4.90 Å². The van der Waals surface area contributed by atoms with Gasteiger partial charge in [0, 0.05) is 19.1 Å². The van der Waals surface area contributed by atoms with Gasteiger partial charge in [0.25, 0.3) is 0 Å². The molecule has 1 saturated heterocycles. The highest BCUT2D eigenvalue weighted by Gasteiger charge is 2.32. The quantitative estimate of drug-likeness (QED) is 0.302. The summed E-state index contributed by atoms with van der Waals surface area (Å²) in [5.41, 5.74) is 6.08. The fraction of sp³-hybridized carbons (Fsp3) is 0.632. The molecule has 1 aromatic carbocycles. The maximum Gasteiger partial charge on any atom is 0.573 e. The maximum atomic E-state index is 12.6. The summed E-state index contributed by atoms with van der Waals surface area (Å²) in [6, 6.07) is 5.95. The zero-order valence-corrected chi connectivity index (χ0v) is 19.1. The lowest BCUT2D eigenvalue weighted by Gasteiger charge is -2.38. The van der Waals surface area contributed by atoms with Crippen LogP contribution in [0.15, 0.2) is 29.3 Å². The van der Waals surface area contributed by atoms with Crippen LogP contribution in [0.5, 0.6) is 5.75 Å². The first-order valence-electron chi connectivity index (χ1n) is 9.57. The molecule has 1 aromatic rings. The Balaban J connectivity index is 0.00000420. The molecule has 6 nitrogen and oxygen atoms in total. The van der Waals surface area contributed by atoms with E-state index < -0.39 is 6.36 Å². The first-order valence-corrected chi connectivity index (χ1v) is 9.57. The van der Waals surface area contributed by atoms with Crippen LogP contribution in [-0.2, 0) is 4.74 Å². The number of rotatable bonds is 8. The predicted octanol–water partition coefficient (Wildman–Crippen LogP) is 4.07. The smallest absolute Gasteiger partial charge is 0.404 e. The highest BCUT2D eigenvalue weighted by Crippen LogP contribution is 2.29. The van der Waals surface area contributed by atoms with Gasteiger partial charge >= 0.3 is 6.36 Å². The van der Waals surface area contributed by atoms with Gasteiger partial charge in [0.05, 0.1) is 25.4 Å². The summed E-state index contributed by atoms with van der Waals surface area (Å²) >= 11 is 0. The topological polar surface area (TPSA) is 72.1 Å². The van der Waals surface area contributed by atoms with Crippen molar-refractivity contribution >= 4 is 35.6 Å². The number of nitrogens with two attached hydrogens (primary N) is 1. The van der Waals surface area contributed by atoms with Crippen molar-refractivity contribution in [1.29, 1.82) is 0 Å². The molecule has 1 atom stereocenters. The number of morpholine rings is 1. The summed E-state index contributed by atoms with van der Waals surface area (Å²) in [5.74, 6) is 0.163. The van der Waals surface area contributed by atoms with E-state index in [1.165, 1.54) is 18.2 Å². The summed E-state index contributed by atoms with van der Waals surface area (Å²) in [7, 11) is 0. The van der Waals surface area contributed by atoms with Crippen LogP contribution in [0, 0.1) is 5.92 Å². The molecule has 2 rings (SSSR count). The third-order valence-electron chi connectivity index (χ3n) is 4.93. The molecule has 1 fully saturated rings. The fourth-order valence-corrected chi connectivity index (χ4v) is 3.46. The number of guanidine groups is 1. The van der Waals surface area contributed by atoms with Crippen LogP contribution < -0.4 is 15.8 Å². The zero-order chi connectivity index (χ0) is 20.6. The second kappa shape index (κ2) is 12.4. The van der Waals surface area contributed by atoms with Gasteiger partial charge in [-0.05, 0) is 18.1 Å². The Hall–Kier alpha value is -1.27. The van der Waals surface area contributed by atoms with Gasteiger partial charge in [0.15, 0.2) is 11.7 Å². The fourth-order valence-electron chi connectivity index (χ4n) is 3.46. The summed E-state index contributed by atoms with van der Waals surface area (Å²) in [6.07, 6.45) is -2.74. The summed E-state index contributed by atoms with van der Waals surface area (Å²) in [6.45, 7) is 7.83. The Kier molecular flexibility index (Phi) is 11.0. The Labute approximate surface area is 187 Å². The molecule has 0 bridgehead atoms. The monoisotopic (exact) mass is 530 g/mol. The van der Waals surface area contributed by atoms with Crippen molar-refractivity contribution in [3.63, 3.8) is 0 Å². The van der Waals surface area contributed by atoms with E-state index in [4.69, 9.17) is 10.5 Å². The van der Waals surface area contributed by atoms with Crippen LogP contribution in [0.1, 0.15) is 26.7 Å². The number of para-hydroxylation sites is 2. The second-order valence-electron chi connectivity index (χ2n) is 6.69. The lowest BCUT2D eigenvalue weighted by atomic mass is 9.92. The second-order valence-corrected chi connectivity index (χ2v) is 6.69. The highest BCUT2D eigenvalue weighted by molar-refractivity contribution is 14.0. The molecule has 0 spiro atoms. The van der Waals surface area contributed by atoms with E-state index in [1.54, 1.807) is 6.07 Å². The minimum atomic E-state index is -4.78. The number of nitrogens with zero attached hydrogens (tertiary/aromatic N) is 2. The number of hydrogen-bond acceptors (Lipinski definition) is 4. The van der Waals surface area contributed by atoms with Gasteiger partial charge in [-0.15, -0.1) is 37.1 Å². The van der Waals surface area contributed by atoms with E-state index in [2.05, 4.69) is 33.8 Å². The summed E-state index contributed by atoms with van der Waals surface area (Å²) in [5, 5.41) is 2.73. The number of anilines is 1. The van der Waals surface area contributed by atoms with Gasteiger partial charge in [-0.25, -0.2) is 0 Å². The van der Waals surface area contributed by atoms with Crippen molar-refractivity contribution in [3.8, 4) is 5.75 Å². The number of alkyl halides is 3. The third-order valence-corrected chi connectivity index (χ3v) is 4.93. The Morgan fingerprint density at radius 3 is 2.45 bits per heavy atom. The largest absolute Gasteiger partial charge is 0.573 e. The number of ether oxygens (including phenoxy) is 2. The Bertz CT molecular complexity index is 636. The third kappa shape index (κ3) is 8.55. The van der Waals surface area contributed by atoms with E-state index in [0.29, 0.717) is 25.7 Å². The van der Waals surface area contributed by atoms with Crippen LogP contribution in [0.25, 0.3) is 0 Å². The molecule has 166 valence electrons. The van der Waals surface area contributed by atoms with Crippen molar-refractivity contribution in [2.24, 2.45) is 16.6 Å². The minimum absolute atomic E-state index is 0. The van der Waals surface area contributed by atoms with E-state index in [1.807, 2.05) is 0 Å². The van der Waals surface area contributed by atoms with Crippen LogP contribution in [-0.4, -0.2) is 56.1 Å². The average molecular weight is 530 g/mol. The number of benzene rings is 1. The van der Waals surface area contributed by atoms with Gasteiger partial charge in [-0.3, -0.25) is 9.89 Å². The van der Waals surface area contributed by atoms with Gasteiger partial charge in [0.1, 0.15) is 0 Å². The van der Waals surface area contributed by atoms with E-state index in [-0.39, 0.29) is 47.4 Å². The van der Waals surface area contributed by atoms with E-state index >= 15 is 0 Å². The van der Waals surface area contributed by atoms with E-state index in [9.17, 15) is 13.2 Å². The van der Waals surface area contributed by atoms with Crippen molar-refractivity contribution < 1.29 is 22.6 Å². The number of hydrogen-bond donors (Lipinski definition) is 2.